The zero-order chi connectivity index (χ0) is 38.6. The van der Waals surface area contributed by atoms with Crippen LogP contribution in [0.4, 0.5) is 17.2 Å². The molecule has 11 aromatic rings. The molecular weight excluding hydrogens is 705 g/mol. The minimum atomic E-state index is 0.530. The molecule has 0 aliphatic heterocycles. The van der Waals surface area contributed by atoms with Gasteiger partial charge in [-0.15, -0.1) is 0 Å². The van der Waals surface area contributed by atoms with Crippen molar-refractivity contribution < 1.29 is 0 Å². The van der Waals surface area contributed by atoms with Crippen LogP contribution in [0.2, 0.25) is 0 Å². The van der Waals surface area contributed by atoms with E-state index in [1.54, 1.807) is 6.20 Å². The summed E-state index contributed by atoms with van der Waals surface area (Å²) < 4.78 is 2.40. The van der Waals surface area contributed by atoms with Gasteiger partial charge in [-0.1, -0.05) is 133 Å². The predicted molar refractivity (Wildman–Crippen MR) is 242 cm³/mol. The fourth-order valence-corrected chi connectivity index (χ4v) is 8.72. The molecule has 0 saturated carbocycles. The maximum absolute atomic E-state index is 9.40. The number of benzene rings is 9. The van der Waals surface area contributed by atoms with Crippen LogP contribution in [0.5, 0.6) is 0 Å². The van der Waals surface area contributed by atoms with Gasteiger partial charge in [0.25, 0.3) is 0 Å². The largest absolute Gasteiger partial charge is 0.309 e. The Morgan fingerprint density at radius 2 is 1.29 bits per heavy atom. The molecule has 0 aliphatic carbocycles. The zero-order valence-electron chi connectivity index (χ0n) is 31.4. The second kappa shape index (κ2) is 13.6. The van der Waals surface area contributed by atoms with Gasteiger partial charge in [-0.25, -0.2) is 4.98 Å². The standard InChI is InChI=1S/C54H34N4/c55-34-37-20-31-52(56-35-37)58(44-13-5-2-6-14-44)49-29-26-38(45-15-7-8-16-47(45)49)21-18-36-19-22-41-33-42(24-23-40(41)32-36)46-28-30-51-54-48(46)27-25-39-10-9-17-50(53(39)54)57(51)43-11-3-1-4-12-43/h1-33,35H. The molecule has 0 atom stereocenters. The number of hydrogen-bond donors (Lipinski definition) is 0. The summed E-state index contributed by atoms with van der Waals surface area (Å²) in [6, 6.07) is 69.0. The van der Waals surface area contributed by atoms with Crippen molar-refractivity contribution in [2.75, 3.05) is 4.90 Å². The van der Waals surface area contributed by atoms with Crippen LogP contribution < -0.4 is 4.90 Å². The number of pyridine rings is 1. The van der Waals surface area contributed by atoms with Crippen molar-refractivity contribution >= 4 is 83.5 Å². The molecule has 2 aromatic heterocycles. The molecule has 58 heavy (non-hydrogen) atoms. The number of aromatic nitrogens is 2. The minimum absolute atomic E-state index is 0.530. The van der Waals surface area contributed by atoms with Gasteiger partial charge in [0.1, 0.15) is 11.9 Å². The van der Waals surface area contributed by atoms with E-state index in [2.05, 4.69) is 190 Å². The first kappa shape index (κ1) is 33.3. The Balaban J connectivity index is 0.944. The second-order valence-corrected chi connectivity index (χ2v) is 14.7. The Kier molecular flexibility index (Phi) is 7.84. The summed E-state index contributed by atoms with van der Waals surface area (Å²) in [6.07, 6.45) is 6.04. The minimum Gasteiger partial charge on any atom is -0.309 e. The zero-order valence-corrected chi connectivity index (χ0v) is 31.4. The fraction of sp³-hybridized carbons (Fsp3) is 0. The fourth-order valence-electron chi connectivity index (χ4n) is 8.72. The Hall–Kier alpha value is -8.00. The predicted octanol–water partition coefficient (Wildman–Crippen LogP) is 14.3. The van der Waals surface area contributed by atoms with Crippen molar-refractivity contribution in [3.05, 3.63) is 211 Å². The third kappa shape index (κ3) is 5.49. The number of nitriles is 1. The van der Waals surface area contributed by atoms with Crippen LogP contribution in [0.25, 0.3) is 83.1 Å². The number of anilines is 3. The van der Waals surface area contributed by atoms with E-state index in [0.717, 1.165) is 39.1 Å². The van der Waals surface area contributed by atoms with E-state index in [9.17, 15) is 5.26 Å². The molecule has 0 unspecified atom stereocenters. The van der Waals surface area contributed by atoms with Crippen LogP contribution in [-0.4, -0.2) is 9.55 Å². The summed E-state index contributed by atoms with van der Waals surface area (Å²) in [5.74, 6) is 0.749. The maximum Gasteiger partial charge on any atom is 0.137 e. The normalized spacial score (nSPS) is 11.7. The molecule has 4 heteroatoms. The van der Waals surface area contributed by atoms with Gasteiger partial charge in [-0.3, -0.25) is 4.90 Å². The number of nitrogens with zero attached hydrogens (tertiary/aromatic N) is 4. The van der Waals surface area contributed by atoms with E-state index in [4.69, 9.17) is 0 Å². The Morgan fingerprint density at radius 3 is 2.12 bits per heavy atom. The van der Waals surface area contributed by atoms with Crippen molar-refractivity contribution in [3.8, 4) is 22.9 Å². The van der Waals surface area contributed by atoms with Gasteiger partial charge < -0.3 is 4.57 Å². The molecule has 0 fully saturated rings. The van der Waals surface area contributed by atoms with Crippen molar-refractivity contribution in [3.63, 3.8) is 0 Å². The highest BCUT2D eigenvalue weighted by Crippen LogP contribution is 2.43. The first-order valence-corrected chi connectivity index (χ1v) is 19.5. The number of rotatable bonds is 7. The van der Waals surface area contributed by atoms with Crippen LogP contribution in [-0.2, 0) is 0 Å². The van der Waals surface area contributed by atoms with E-state index >= 15 is 0 Å². The molecule has 9 aromatic carbocycles. The topological polar surface area (TPSA) is 44.9 Å². The average Bonchev–Trinajstić information content (AvgIpc) is 3.64. The summed E-state index contributed by atoms with van der Waals surface area (Å²) in [5, 5.41) is 19.2. The highest BCUT2D eigenvalue weighted by atomic mass is 15.2. The van der Waals surface area contributed by atoms with Gasteiger partial charge in [0, 0.05) is 33.7 Å². The number of fused-ring (bicyclic) bond motifs is 2. The molecule has 0 bridgehead atoms. The van der Waals surface area contributed by atoms with Gasteiger partial charge in [0.2, 0.25) is 0 Å². The molecule has 0 radical (unpaired) electrons. The van der Waals surface area contributed by atoms with Gasteiger partial charge >= 0.3 is 0 Å². The van der Waals surface area contributed by atoms with E-state index in [0.29, 0.717) is 5.56 Å². The molecule has 270 valence electrons. The molecule has 2 heterocycles. The Bertz CT molecular complexity index is 3390. The Labute approximate surface area is 335 Å². The lowest BCUT2D eigenvalue weighted by atomic mass is 9.93. The van der Waals surface area contributed by atoms with Crippen molar-refractivity contribution in [2.24, 2.45) is 0 Å². The second-order valence-electron chi connectivity index (χ2n) is 14.7. The smallest absolute Gasteiger partial charge is 0.137 e. The molecular formula is C54H34N4. The summed E-state index contributed by atoms with van der Waals surface area (Å²) in [4.78, 5) is 6.84. The molecule has 0 N–H and O–H groups in total. The number of hydrogen-bond acceptors (Lipinski definition) is 3. The van der Waals surface area contributed by atoms with Crippen LogP contribution in [0.1, 0.15) is 16.7 Å². The Morgan fingerprint density at radius 1 is 0.534 bits per heavy atom. The summed E-state index contributed by atoms with van der Waals surface area (Å²) >= 11 is 0. The van der Waals surface area contributed by atoms with Gasteiger partial charge in [0.05, 0.1) is 22.3 Å². The van der Waals surface area contributed by atoms with Gasteiger partial charge in [-0.05, 0) is 116 Å². The third-order valence-electron chi connectivity index (χ3n) is 11.4. The first-order chi connectivity index (χ1) is 28.7. The highest BCUT2D eigenvalue weighted by Gasteiger charge is 2.20. The molecule has 0 aliphatic rings. The number of para-hydroxylation sites is 2. The van der Waals surface area contributed by atoms with Crippen LogP contribution >= 0.6 is 0 Å². The summed E-state index contributed by atoms with van der Waals surface area (Å²) in [5.41, 5.74) is 10.9. The van der Waals surface area contributed by atoms with Crippen molar-refractivity contribution in [1.29, 1.82) is 5.26 Å². The van der Waals surface area contributed by atoms with Crippen molar-refractivity contribution in [2.45, 2.75) is 0 Å². The van der Waals surface area contributed by atoms with E-state index < -0.39 is 0 Å². The van der Waals surface area contributed by atoms with Crippen LogP contribution in [0.15, 0.2) is 194 Å². The van der Waals surface area contributed by atoms with Crippen molar-refractivity contribution in [1.82, 2.24) is 9.55 Å². The third-order valence-corrected chi connectivity index (χ3v) is 11.4. The SMILES string of the molecule is N#Cc1ccc(N(c2ccccc2)c2ccc(C=Cc3ccc4cc(-c5ccc6c7c5ccc5cccc(c57)n6-c5ccccc5)ccc4c3)c3ccccc23)nc1. The maximum atomic E-state index is 9.40. The lowest BCUT2D eigenvalue weighted by Crippen LogP contribution is -2.12. The van der Waals surface area contributed by atoms with E-state index in [1.165, 1.54) is 60.2 Å². The molecule has 4 nitrogen and oxygen atoms in total. The van der Waals surface area contributed by atoms with E-state index in [-0.39, 0.29) is 0 Å². The monoisotopic (exact) mass is 738 g/mol. The molecule has 0 spiro atoms. The molecule has 0 amide bonds. The summed E-state index contributed by atoms with van der Waals surface area (Å²) in [7, 11) is 0. The quantitative estimate of drug-likeness (QED) is 0.121. The molecule has 0 saturated heterocycles. The van der Waals surface area contributed by atoms with Crippen LogP contribution in [0.3, 0.4) is 0 Å². The van der Waals surface area contributed by atoms with Crippen LogP contribution in [0, 0.1) is 11.3 Å². The lowest BCUT2D eigenvalue weighted by molar-refractivity contribution is 1.18. The van der Waals surface area contributed by atoms with Gasteiger partial charge in [-0.2, -0.15) is 5.26 Å². The first-order valence-electron chi connectivity index (χ1n) is 19.5. The summed E-state index contributed by atoms with van der Waals surface area (Å²) in [6.45, 7) is 0. The molecule has 11 rings (SSSR count). The van der Waals surface area contributed by atoms with Gasteiger partial charge in [0.15, 0.2) is 0 Å². The lowest BCUT2D eigenvalue weighted by Gasteiger charge is -2.26. The highest BCUT2D eigenvalue weighted by molar-refractivity contribution is 6.26. The van der Waals surface area contributed by atoms with E-state index in [1.807, 2.05) is 30.3 Å². The average molecular weight is 739 g/mol.